The molecule has 0 heterocycles. The molecule has 0 aromatic heterocycles. The fourth-order valence-corrected chi connectivity index (χ4v) is 6.30. The Balaban J connectivity index is 3.24. The smallest absolute Gasteiger partial charge is 0.0443 e. The van der Waals surface area contributed by atoms with Gasteiger partial charge < -0.3 is 0 Å². The third kappa shape index (κ3) is 32.2. The van der Waals surface area contributed by atoms with Crippen molar-refractivity contribution in [3.8, 4) is 0 Å². The van der Waals surface area contributed by atoms with Crippen molar-refractivity contribution >= 4 is 0 Å². The summed E-state index contributed by atoms with van der Waals surface area (Å²) in [6.07, 6.45) is 47.1. The molecule has 0 amide bonds. The van der Waals surface area contributed by atoms with Crippen molar-refractivity contribution in [2.24, 2.45) is 11.8 Å². The van der Waals surface area contributed by atoms with E-state index in [1.807, 2.05) is 0 Å². The molecule has 0 saturated carbocycles. The van der Waals surface area contributed by atoms with Gasteiger partial charge in [-0.25, -0.2) is 0 Å². The second-order valence-electron chi connectivity index (χ2n) is 13.6. The first kappa shape index (κ1) is 38.0. The Bertz CT molecular complexity index is 399. The molecule has 0 aliphatic rings. The van der Waals surface area contributed by atoms with Gasteiger partial charge in [-0.3, -0.25) is 0 Å². The fourth-order valence-electron chi connectivity index (χ4n) is 6.30. The van der Waals surface area contributed by atoms with Crippen LogP contribution in [-0.2, 0) is 0 Å². The summed E-state index contributed by atoms with van der Waals surface area (Å²) >= 11 is 0. The molecule has 0 fully saturated rings. The van der Waals surface area contributed by atoms with E-state index >= 15 is 0 Å². The van der Waals surface area contributed by atoms with Crippen LogP contribution >= 0.6 is 0 Å². The first-order valence-electron chi connectivity index (χ1n) is 18.7. The van der Waals surface area contributed by atoms with Crippen LogP contribution in [0.3, 0.4) is 0 Å². The normalized spacial score (nSPS) is 13.3. The molecule has 0 aromatic rings. The van der Waals surface area contributed by atoms with Gasteiger partial charge in [0.15, 0.2) is 0 Å². The third-order valence-electron chi connectivity index (χ3n) is 9.24. The molecule has 0 N–H and O–H groups in total. The largest absolute Gasteiger partial charge is 0.0654 e. The van der Waals surface area contributed by atoms with Crippen LogP contribution in [0.2, 0.25) is 0 Å². The molecule has 0 aliphatic carbocycles. The minimum Gasteiger partial charge on any atom is -0.0654 e. The summed E-state index contributed by atoms with van der Waals surface area (Å²) in [7, 11) is 0. The minimum absolute atomic E-state index is 0.955. The highest BCUT2D eigenvalue weighted by molar-refractivity contribution is 4.60. The monoisotopic (exact) mass is 535 g/mol. The molecule has 0 aromatic carbocycles. The molecule has 0 unspecified atom stereocenters. The molecule has 0 nitrogen and oxygen atoms in total. The van der Waals surface area contributed by atoms with E-state index in [9.17, 15) is 0 Å². The van der Waals surface area contributed by atoms with Gasteiger partial charge in [0.1, 0.15) is 0 Å². The average molecular weight is 535 g/mol. The summed E-state index contributed by atoms with van der Waals surface area (Å²) in [6.45, 7) is 9.64. The second-order valence-corrected chi connectivity index (χ2v) is 13.6. The maximum absolute atomic E-state index is 2.51. The molecular weight excluding hydrogens is 456 g/mol. The summed E-state index contributed by atoms with van der Waals surface area (Å²) < 4.78 is 0. The Morgan fingerprint density at radius 3 is 0.658 bits per heavy atom. The van der Waals surface area contributed by atoms with E-state index in [-0.39, 0.29) is 0 Å². The van der Waals surface area contributed by atoms with E-state index in [1.165, 1.54) is 205 Å². The molecule has 0 bridgehead atoms. The summed E-state index contributed by atoms with van der Waals surface area (Å²) in [5, 5.41) is 0. The molecule has 38 heavy (non-hydrogen) atoms. The lowest BCUT2D eigenvalue weighted by atomic mass is 9.92. The third-order valence-corrected chi connectivity index (χ3v) is 9.24. The number of hydrogen-bond acceptors (Lipinski definition) is 0. The maximum atomic E-state index is 2.51. The predicted octanol–water partition coefficient (Wildman–Crippen LogP) is 14.8. The van der Waals surface area contributed by atoms with Gasteiger partial charge >= 0.3 is 0 Å². The maximum Gasteiger partial charge on any atom is -0.0443 e. The summed E-state index contributed by atoms with van der Waals surface area (Å²) in [5.74, 6) is 1.91. The van der Waals surface area contributed by atoms with Gasteiger partial charge in [0.25, 0.3) is 0 Å². The van der Waals surface area contributed by atoms with Gasteiger partial charge in [0.05, 0.1) is 0 Å². The van der Waals surface area contributed by atoms with Crippen LogP contribution in [0, 0.1) is 11.8 Å². The predicted molar refractivity (Wildman–Crippen MR) is 177 cm³/mol. The van der Waals surface area contributed by atoms with Crippen molar-refractivity contribution < 1.29 is 0 Å². The van der Waals surface area contributed by atoms with Crippen molar-refractivity contribution in [1.29, 1.82) is 0 Å². The van der Waals surface area contributed by atoms with Gasteiger partial charge in [-0.05, 0) is 11.8 Å². The van der Waals surface area contributed by atoms with Crippen LogP contribution in [0.4, 0.5) is 0 Å². The van der Waals surface area contributed by atoms with Crippen LogP contribution in [0.5, 0.6) is 0 Å². The van der Waals surface area contributed by atoms with Gasteiger partial charge in [0.2, 0.25) is 0 Å². The molecule has 0 heteroatoms. The zero-order valence-electron chi connectivity index (χ0n) is 27.8. The van der Waals surface area contributed by atoms with Crippen molar-refractivity contribution in [2.45, 2.75) is 233 Å². The Kier molecular flexibility index (Phi) is 33.2. The fraction of sp³-hybridized carbons (Fsp3) is 1.00. The highest BCUT2D eigenvalue weighted by Gasteiger charge is 2.06. The van der Waals surface area contributed by atoms with Gasteiger partial charge in [-0.15, -0.1) is 0 Å². The molecule has 0 aliphatic heterocycles. The Morgan fingerprint density at radius 1 is 0.237 bits per heavy atom. The Hall–Kier alpha value is 0. The van der Waals surface area contributed by atoms with Crippen LogP contribution in [0.1, 0.15) is 233 Å². The summed E-state index contributed by atoms with van der Waals surface area (Å²) in [4.78, 5) is 0. The molecule has 0 radical (unpaired) electrons. The molecule has 0 spiro atoms. The number of rotatable bonds is 33. The topological polar surface area (TPSA) is 0 Å². The first-order valence-corrected chi connectivity index (χ1v) is 18.7. The molecule has 0 saturated heterocycles. The van der Waals surface area contributed by atoms with Crippen molar-refractivity contribution in [3.05, 3.63) is 0 Å². The lowest BCUT2D eigenvalue weighted by Gasteiger charge is -2.14. The van der Waals surface area contributed by atoms with Crippen LogP contribution in [-0.4, -0.2) is 0 Å². The summed E-state index contributed by atoms with van der Waals surface area (Å²) in [5.41, 5.74) is 0. The molecular formula is C38H78. The van der Waals surface area contributed by atoms with E-state index in [1.54, 1.807) is 0 Å². The zero-order valence-corrected chi connectivity index (χ0v) is 27.8. The zero-order chi connectivity index (χ0) is 27.8. The van der Waals surface area contributed by atoms with E-state index in [0.717, 1.165) is 11.8 Å². The average Bonchev–Trinajstić information content (AvgIpc) is 2.91. The quantitative estimate of drug-likeness (QED) is 0.0734. The molecule has 0 rings (SSSR count). The number of hydrogen-bond donors (Lipinski definition) is 0. The highest BCUT2D eigenvalue weighted by Crippen LogP contribution is 2.22. The highest BCUT2D eigenvalue weighted by atomic mass is 14.1. The lowest BCUT2D eigenvalue weighted by Crippen LogP contribution is -1.99. The van der Waals surface area contributed by atoms with Crippen molar-refractivity contribution in [1.82, 2.24) is 0 Å². The van der Waals surface area contributed by atoms with Gasteiger partial charge in [-0.2, -0.15) is 0 Å². The SMILES string of the molecule is CCCCCCCCCCCCCCCCCCCC[C@H](C)CCC[C@H](C)CCCCCCCCCCC. The van der Waals surface area contributed by atoms with Crippen molar-refractivity contribution in [2.75, 3.05) is 0 Å². The van der Waals surface area contributed by atoms with Crippen molar-refractivity contribution in [3.63, 3.8) is 0 Å². The molecule has 2 atom stereocenters. The lowest BCUT2D eigenvalue weighted by molar-refractivity contribution is 0.390. The van der Waals surface area contributed by atoms with E-state index < -0.39 is 0 Å². The minimum atomic E-state index is 0.955. The first-order chi connectivity index (χ1) is 18.7. The van der Waals surface area contributed by atoms with Crippen LogP contribution in [0.15, 0.2) is 0 Å². The van der Waals surface area contributed by atoms with E-state index in [2.05, 4.69) is 27.7 Å². The second kappa shape index (κ2) is 33.2. The standard InChI is InChI=1S/C38H78/c1-5-7-9-11-13-15-16-17-18-19-20-21-22-23-25-27-29-31-34-38(4)36-32-35-37(3)33-30-28-26-24-14-12-10-8-6-2/h37-38H,5-36H2,1-4H3/t37-,38+/m1/s1. The van der Waals surface area contributed by atoms with Crippen LogP contribution < -0.4 is 0 Å². The van der Waals surface area contributed by atoms with Gasteiger partial charge in [-0.1, -0.05) is 233 Å². The Morgan fingerprint density at radius 2 is 0.421 bits per heavy atom. The Labute approximate surface area is 244 Å². The number of unbranched alkanes of at least 4 members (excludes halogenated alkanes) is 25. The van der Waals surface area contributed by atoms with Gasteiger partial charge in [0, 0.05) is 0 Å². The van der Waals surface area contributed by atoms with E-state index in [4.69, 9.17) is 0 Å². The van der Waals surface area contributed by atoms with E-state index in [0.29, 0.717) is 0 Å². The van der Waals surface area contributed by atoms with Crippen LogP contribution in [0.25, 0.3) is 0 Å². The summed E-state index contributed by atoms with van der Waals surface area (Å²) in [6, 6.07) is 0. The molecule has 230 valence electrons.